The highest BCUT2D eigenvalue weighted by atomic mass is 79.9. The Kier molecular flexibility index (Phi) is 14.8. The van der Waals surface area contributed by atoms with Gasteiger partial charge in [0, 0.05) is 6.07 Å². The first-order valence-corrected chi connectivity index (χ1v) is 16.0. The molecule has 3 aromatic carbocycles. The second-order valence-electron chi connectivity index (χ2n) is 10.6. The summed E-state index contributed by atoms with van der Waals surface area (Å²) in [6.07, 6.45) is 5.55. The Balaban J connectivity index is 1.67. The number of halogens is 1. The summed E-state index contributed by atoms with van der Waals surface area (Å²) in [5, 5.41) is 17.6. The molecule has 3 aromatic rings. The van der Waals surface area contributed by atoms with Crippen molar-refractivity contribution >= 4 is 44.6 Å². The van der Waals surface area contributed by atoms with E-state index < -0.39 is 4.32 Å². The summed E-state index contributed by atoms with van der Waals surface area (Å²) in [6, 6.07) is 20.4. The van der Waals surface area contributed by atoms with E-state index in [1.54, 1.807) is 26.0 Å². The van der Waals surface area contributed by atoms with E-state index >= 15 is 0 Å². The molecule has 0 N–H and O–H groups in total. The maximum Gasteiger partial charge on any atom is 0.322 e. The van der Waals surface area contributed by atoms with Gasteiger partial charge in [-0.3, -0.25) is 4.79 Å². The number of ether oxygens (including phenoxy) is 4. The minimum atomic E-state index is -0.703. The number of hydrogen-bond acceptors (Lipinski definition) is 9. The Morgan fingerprint density at radius 1 is 0.636 bits per heavy atom. The van der Waals surface area contributed by atoms with Crippen molar-refractivity contribution in [1.82, 2.24) is 0 Å². The van der Waals surface area contributed by atoms with E-state index in [1.165, 1.54) is 0 Å². The zero-order chi connectivity index (χ0) is 31.6. The smallest absolute Gasteiger partial charge is 0.322 e. The van der Waals surface area contributed by atoms with Gasteiger partial charge in [-0.05, 0) is 100 Å². The van der Waals surface area contributed by atoms with Crippen LogP contribution in [0.1, 0.15) is 66.2 Å². The molecule has 0 atom stereocenters. The normalized spacial score (nSPS) is 11.7. The van der Waals surface area contributed by atoms with Gasteiger partial charge in [-0.25, -0.2) is 0 Å². The van der Waals surface area contributed by atoms with Crippen LogP contribution >= 0.6 is 15.9 Å². The van der Waals surface area contributed by atoms with Gasteiger partial charge in [-0.1, -0.05) is 42.6 Å². The van der Waals surface area contributed by atoms with E-state index in [1.807, 2.05) is 54.6 Å². The van der Waals surface area contributed by atoms with E-state index in [2.05, 4.69) is 50.2 Å². The first kappa shape index (κ1) is 34.7. The second kappa shape index (κ2) is 18.8. The quantitative estimate of drug-likeness (QED) is 0.0548. The van der Waals surface area contributed by atoms with Gasteiger partial charge in [0.1, 0.15) is 27.3 Å². The third-order valence-electron chi connectivity index (χ3n) is 6.22. The van der Waals surface area contributed by atoms with E-state index in [9.17, 15) is 4.79 Å². The second-order valence-corrected chi connectivity index (χ2v) is 12.6. The third kappa shape index (κ3) is 12.8. The molecule has 0 aliphatic carbocycles. The van der Waals surface area contributed by atoms with Gasteiger partial charge in [-0.2, -0.15) is 15.3 Å². The molecule has 9 nitrogen and oxygen atoms in total. The summed E-state index contributed by atoms with van der Waals surface area (Å²) in [7, 11) is 0. The number of azo groups is 2. The van der Waals surface area contributed by atoms with Crippen LogP contribution in [0.25, 0.3) is 0 Å². The van der Waals surface area contributed by atoms with Crippen LogP contribution in [0.2, 0.25) is 0 Å². The van der Waals surface area contributed by atoms with Gasteiger partial charge in [0.05, 0.1) is 43.5 Å². The monoisotopic (exact) mass is 666 g/mol. The topological polar surface area (TPSA) is 103 Å². The summed E-state index contributed by atoms with van der Waals surface area (Å²) in [6.45, 7) is 9.89. The maximum absolute atomic E-state index is 11.9. The zero-order valence-corrected chi connectivity index (χ0v) is 27.7. The lowest BCUT2D eigenvalue weighted by Crippen LogP contribution is -2.26. The van der Waals surface area contributed by atoms with Crippen LogP contribution in [-0.4, -0.2) is 36.7 Å². The lowest BCUT2D eigenvalue weighted by Gasteiger charge is -2.14. The van der Waals surface area contributed by atoms with Crippen molar-refractivity contribution < 1.29 is 23.7 Å². The van der Waals surface area contributed by atoms with Gasteiger partial charge >= 0.3 is 5.97 Å². The number of carbonyl (C=O) groups excluding carboxylic acids is 1. The molecule has 44 heavy (non-hydrogen) atoms. The van der Waals surface area contributed by atoms with Gasteiger partial charge < -0.3 is 18.9 Å². The Morgan fingerprint density at radius 3 is 1.66 bits per heavy atom. The number of carbonyl (C=O) groups is 1. The highest BCUT2D eigenvalue weighted by Crippen LogP contribution is 2.34. The highest BCUT2D eigenvalue weighted by molar-refractivity contribution is 9.10. The van der Waals surface area contributed by atoms with Gasteiger partial charge in [0.25, 0.3) is 0 Å². The number of esters is 1. The Morgan fingerprint density at radius 2 is 1.11 bits per heavy atom. The fraction of sp³-hybridized carbons (Fsp3) is 0.441. The summed E-state index contributed by atoms with van der Waals surface area (Å²) in [4.78, 5) is 11.9. The number of alkyl halides is 1. The van der Waals surface area contributed by atoms with Crippen LogP contribution in [-0.2, 0) is 9.53 Å². The zero-order valence-electron chi connectivity index (χ0n) is 26.1. The molecule has 0 radical (unpaired) electrons. The average Bonchev–Trinajstić information content (AvgIpc) is 3.02. The fourth-order valence-electron chi connectivity index (χ4n) is 3.60. The summed E-state index contributed by atoms with van der Waals surface area (Å²) in [5.74, 6) is 1.86. The van der Waals surface area contributed by atoms with Gasteiger partial charge in [0.2, 0.25) is 0 Å². The Labute approximate surface area is 269 Å². The fourth-order valence-corrected chi connectivity index (χ4v) is 3.71. The van der Waals surface area contributed by atoms with Crippen molar-refractivity contribution in [3.8, 4) is 17.2 Å². The Bertz CT molecular complexity index is 1340. The van der Waals surface area contributed by atoms with E-state index in [-0.39, 0.29) is 5.97 Å². The molecule has 0 heterocycles. The summed E-state index contributed by atoms with van der Waals surface area (Å²) >= 11 is 3.31. The molecule has 0 aromatic heterocycles. The minimum Gasteiger partial charge on any atom is -0.494 e. The molecule has 0 spiro atoms. The largest absolute Gasteiger partial charge is 0.494 e. The molecule has 0 aliphatic heterocycles. The van der Waals surface area contributed by atoms with E-state index in [0.717, 1.165) is 37.2 Å². The van der Waals surface area contributed by atoms with Crippen molar-refractivity contribution in [2.45, 2.75) is 70.5 Å². The van der Waals surface area contributed by atoms with Gasteiger partial charge in [-0.15, -0.1) is 5.11 Å². The molecule has 0 unspecified atom stereocenters. The number of hydrogen-bond donors (Lipinski definition) is 0. The minimum absolute atomic E-state index is 0.293. The SMILES string of the molecule is CCCCOc1ccc(N=Nc2ccc(N=Nc3ccc(OCCCC)cc3)c(OCCCCOC(=O)C(C)(C)Br)c2)cc1. The van der Waals surface area contributed by atoms with Crippen LogP contribution in [0.3, 0.4) is 0 Å². The van der Waals surface area contributed by atoms with Crippen LogP contribution in [0.5, 0.6) is 17.2 Å². The standard InChI is InChI=1S/C34H43BrN4O5/c1-5-7-21-41-29-16-11-26(12-17-29)36-38-28-15-20-31(39-37-27-13-18-30(19-14-27)42-22-8-6-2)32(25-28)43-23-9-10-24-44-33(40)34(3,4)35/h11-20,25H,5-10,21-24H2,1-4H3. The summed E-state index contributed by atoms with van der Waals surface area (Å²) in [5.41, 5.74) is 2.58. The molecule has 10 heteroatoms. The highest BCUT2D eigenvalue weighted by Gasteiger charge is 2.25. The van der Waals surface area contributed by atoms with Crippen LogP contribution < -0.4 is 14.2 Å². The molecule has 0 saturated heterocycles. The van der Waals surface area contributed by atoms with Crippen molar-refractivity contribution in [1.29, 1.82) is 0 Å². The molecule has 0 amide bonds. The lowest BCUT2D eigenvalue weighted by molar-refractivity contribution is -0.145. The van der Waals surface area contributed by atoms with Crippen LogP contribution in [0.4, 0.5) is 22.7 Å². The van der Waals surface area contributed by atoms with Crippen molar-refractivity contribution in [3.05, 3.63) is 66.7 Å². The molecular formula is C34H43BrN4O5. The predicted octanol–water partition coefficient (Wildman–Crippen LogP) is 10.8. The third-order valence-corrected chi connectivity index (χ3v) is 6.54. The molecule has 0 bridgehead atoms. The molecular weight excluding hydrogens is 624 g/mol. The average molecular weight is 668 g/mol. The number of rotatable bonds is 19. The van der Waals surface area contributed by atoms with Gasteiger partial charge in [0.15, 0.2) is 0 Å². The van der Waals surface area contributed by atoms with E-state index in [0.29, 0.717) is 67.8 Å². The number of unbranched alkanes of at least 4 members (excludes halogenated alkanes) is 3. The number of nitrogens with zero attached hydrogens (tertiary/aromatic N) is 4. The molecule has 236 valence electrons. The summed E-state index contributed by atoms with van der Waals surface area (Å²) < 4.78 is 22.1. The first-order valence-electron chi connectivity index (χ1n) is 15.2. The van der Waals surface area contributed by atoms with Crippen molar-refractivity contribution in [2.24, 2.45) is 20.5 Å². The van der Waals surface area contributed by atoms with Crippen molar-refractivity contribution in [2.75, 3.05) is 26.4 Å². The molecule has 0 aliphatic rings. The van der Waals surface area contributed by atoms with Crippen molar-refractivity contribution in [3.63, 3.8) is 0 Å². The lowest BCUT2D eigenvalue weighted by atomic mass is 10.2. The molecule has 0 fully saturated rings. The van der Waals surface area contributed by atoms with Crippen LogP contribution in [0.15, 0.2) is 87.2 Å². The molecule has 0 saturated carbocycles. The Hall–Kier alpha value is -3.79. The van der Waals surface area contributed by atoms with Crippen LogP contribution in [0, 0.1) is 0 Å². The maximum atomic E-state index is 11.9. The predicted molar refractivity (Wildman–Crippen MR) is 177 cm³/mol. The molecule has 3 rings (SSSR count). The number of benzene rings is 3. The first-order chi connectivity index (χ1) is 21.3. The van der Waals surface area contributed by atoms with E-state index in [4.69, 9.17) is 18.9 Å².